The van der Waals surface area contributed by atoms with Crippen LogP contribution in [0, 0.1) is 0 Å². The second-order valence-corrected chi connectivity index (χ2v) is 6.88. The Morgan fingerprint density at radius 2 is 1.64 bits per heavy atom. The summed E-state index contributed by atoms with van der Waals surface area (Å²) in [4.78, 5) is 2.51. The van der Waals surface area contributed by atoms with Gasteiger partial charge in [0.2, 0.25) is 0 Å². The fourth-order valence-corrected chi connectivity index (χ4v) is 3.47. The topological polar surface area (TPSA) is 33.7 Å². The van der Waals surface area contributed by atoms with E-state index in [1.807, 2.05) is 24.3 Å². The monoisotopic (exact) mass is 338 g/mol. The molecular formula is C21H26N2O2. The van der Waals surface area contributed by atoms with Crippen molar-refractivity contribution in [1.82, 2.24) is 10.2 Å². The Hall–Kier alpha value is -2.04. The summed E-state index contributed by atoms with van der Waals surface area (Å²) in [7, 11) is 0. The largest absolute Gasteiger partial charge is 0.486 e. The highest BCUT2D eigenvalue weighted by Gasteiger charge is 2.20. The molecule has 2 aliphatic heterocycles. The van der Waals surface area contributed by atoms with Crippen molar-refractivity contribution in [3.8, 4) is 11.5 Å². The molecule has 0 amide bonds. The molecule has 4 rings (SSSR count). The minimum absolute atomic E-state index is 0.135. The molecule has 4 heteroatoms. The lowest BCUT2D eigenvalue weighted by molar-refractivity contribution is 0.0851. The van der Waals surface area contributed by atoms with Crippen molar-refractivity contribution in [2.45, 2.75) is 25.5 Å². The van der Waals surface area contributed by atoms with Gasteiger partial charge in [0.25, 0.3) is 0 Å². The fraction of sp³-hybridized carbons (Fsp3) is 0.429. The first-order chi connectivity index (χ1) is 12.4. The van der Waals surface area contributed by atoms with E-state index in [1.165, 1.54) is 11.1 Å². The van der Waals surface area contributed by atoms with Crippen LogP contribution in [0.4, 0.5) is 0 Å². The summed E-state index contributed by atoms with van der Waals surface area (Å²) in [6.07, 6.45) is 2.13. The van der Waals surface area contributed by atoms with Gasteiger partial charge < -0.3 is 14.8 Å². The Balaban J connectivity index is 1.27. The second-order valence-electron chi connectivity index (χ2n) is 6.88. The summed E-state index contributed by atoms with van der Waals surface area (Å²) in [6, 6.07) is 17.0. The van der Waals surface area contributed by atoms with Crippen LogP contribution >= 0.6 is 0 Å². The summed E-state index contributed by atoms with van der Waals surface area (Å²) in [5.74, 6) is 1.72. The first-order valence-corrected chi connectivity index (χ1v) is 9.26. The molecule has 132 valence electrons. The van der Waals surface area contributed by atoms with E-state index in [2.05, 4.69) is 34.5 Å². The Bertz CT molecular complexity index is 681. The predicted molar refractivity (Wildman–Crippen MR) is 99.3 cm³/mol. The summed E-state index contributed by atoms with van der Waals surface area (Å²) in [5.41, 5.74) is 2.77. The minimum Gasteiger partial charge on any atom is -0.486 e. The molecule has 0 radical (unpaired) electrons. The maximum absolute atomic E-state index is 6.04. The van der Waals surface area contributed by atoms with Crippen LogP contribution in [0.1, 0.15) is 17.5 Å². The van der Waals surface area contributed by atoms with Gasteiger partial charge in [-0.25, -0.2) is 0 Å². The van der Waals surface area contributed by atoms with Crippen molar-refractivity contribution in [1.29, 1.82) is 0 Å². The Morgan fingerprint density at radius 3 is 2.44 bits per heavy atom. The number of rotatable bonds is 5. The van der Waals surface area contributed by atoms with Crippen LogP contribution in [-0.4, -0.2) is 43.8 Å². The molecule has 1 atom stereocenters. The van der Waals surface area contributed by atoms with E-state index in [0.717, 1.165) is 57.1 Å². The van der Waals surface area contributed by atoms with E-state index in [-0.39, 0.29) is 6.10 Å². The molecule has 0 aromatic heterocycles. The van der Waals surface area contributed by atoms with Crippen molar-refractivity contribution < 1.29 is 9.47 Å². The van der Waals surface area contributed by atoms with Crippen molar-refractivity contribution in [2.75, 3.05) is 32.8 Å². The molecular weight excluding hydrogens is 312 g/mol. The molecule has 2 heterocycles. The molecule has 0 saturated carbocycles. The van der Waals surface area contributed by atoms with E-state index in [4.69, 9.17) is 9.47 Å². The van der Waals surface area contributed by atoms with Crippen LogP contribution in [0.2, 0.25) is 0 Å². The van der Waals surface area contributed by atoms with Crippen LogP contribution in [0.15, 0.2) is 48.5 Å². The van der Waals surface area contributed by atoms with E-state index in [9.17, 15) is 0 Å². The number of benzene rings is 2. The smallest absolute Gasteiger partial charge is 0.161 e. The Morgan fingerprint density at radius 1 is 0.920 bits per heavy atom. The SMILES string of the molecule is c1ccc2c(c1)OC[C@H](CCc1ccc(CN3CCNCC3)cc1)O2. The van der Waals surface area contributed by atoms with Gasteiger partial charge in [0.05, 0.1) is 0 Å². The number of aryl methyl sites for hydroxylation is 1. The van der Waals surface area contributed by atoms with Gasteiger partial charge in [0, 0.05) is 32.7 Å². The molecule has 25 heavy (non-hydrogen) atoms. The molecule has 0 bridgehead atoms. The number of ether oxygens (including phenoxy) is 2. The van der Waals surface area contributed by atoms with E-state index < -0.39 is 0 Å². The summed E-state index contributed by atoms with van der Waals surface area (Å²) in [6.45, 7) is 6.18. The highest BCUT2D eigenvalue weighted by Crippen LogP contribution is 2.31. The first-order valence-electron chi connectivity index (χ1n) is 9.26. The van der Waals surface area contributed by atoms with Gasteiger partial charge in [-0.3, -0.25) is 4.90 Å². The number of fused-ring (bicyclic) bond motifs is 1. The summed E-state index contributed by atoms with van der Waals surface area (Å²) >= 11 is 0. The van der Waals surface area contributed by atoms with Crippen LogP contribution in [-0.2, 0) is 13.0 Å². The Kier molecular flexibility index (Phi) is 5.19. The molecule has 4 nitrogen and oxygen atoms in total. The van der Waals surface area contributed by atoms with Crippen molar-refractivity contribution in [3.63, 3.8) is 0 Å². The predicted octanol–water partition coefficient (Wildman–Crippen LogP) is 2.86. The van der Waals surface area contributed by atoms with Crippen LogP contribution in [0.25, 0.3) is 0 Å². The Labute approximate surface area is 149 Å². The van der Waals surface area contributed by atoms with Crippen LogP contribution < -0.4 is 14.8 Å². The number of nitrogens with one attached hydrogen (secondary N) is 1. The lowest BCUT2D eigenvalue weighted by Crippen LogP contribution is -2.42. The third-order valence-electron chi connectivity index (χ3n) is 4.96. The third-order valence-corrected chi connectivity index (χ3v) is 4.96. The molecule has 1 saturated heterocycles. The van der Waals surface area contributed by atoms with Gasteiger partial charge in [-0.2, -0.15) is 0 Å². The number of hydrogen-bond acceptors (Lipinski definition) is 4. The molecule has 2 aromatic carbocycles. The zero-order valence-electron chi connectivity index (χ0n) is 14.6. The third kappa shape index (κ3) is 4.33. The van der Waals surface area contributed by atoms with Gasteiger partial charge in [-0.1, -0.05) is 36.4 Å². The normalized spacial score (nSPS) is 20.4. The fourth-order valence-electron chi connectivity index (χ4n) is 3.47. The van der Waals surface area contributed by atoms with E-state index in [0.29, 0.717) is 6.61 Å². The molecule has 1 N–H and O–H groups in total. The van der Waals surface area contributed by atoms with Crippen LogP contribution in [0.3, 0.4) is 0 Å². The van der Waals surface area contributed by atoms with Crippen LogP contribution in [0.5, 0.6) is 11.5 Å². The zero-order valence-corrected chi connectivity index (χ0v) is 14.6. The van der Waals surface area contributed by atoms with Gasteiger partial charge in [0.1, 0.15) is 12.7 Å². The lowest BCUT2D eigenvalue weighted by Gasteiger charge is -2.27. The molecule has 0 unspecified atom stereocenters. The van der Waals surface area contributed by atoms with Gasteiger partial charge >= 0.3 is 0 Å². The average Bonchev–Trinajstić information content (AvgIpc) is 2.68. The highest BCUT2D eigenvalue weighted by molar-refractivity contribution is 5.40. The van der Waals surface area contributed by atoms with Gasteiger partial charge in [-0.05, 0) is 36.1 Å². The number of para-hydroxylation sites is 2. The van der Waals surface area contributed by atoms with E-state index >= 15 is 0 Å². The lowest BCUT2D eigenvalue weighted by atomic mass is 10.0. The number of hydrogen-bond donors (Lipinski definition) is 1. The molecule has 2 aliphatic rings. The van der Waals surface area contributed by atoms with Crippen molar-refractivity contribution in [3.05, 3.63) is 59.7 Å². The first kappa shape index (κ1) is 16.4. The molecule has 1 fully saturated rings. The minimum atomic E-state index is 0.135. The zero-order chi connectivity index (χ0) is 16.9. The molecule has 2 aromatic rings. The highest BCUT2D eigenvalue weighted by atomic mass is 16.6. The van der Waals surface area contributed by atoms with Gasteiger partial charge in [0.15, 0.2) is 11.5 Å². The summed E-state index contributed by atoms with van der Waals surface area (Å²) < 4.78 is 11.8. The summed E-state index contributed by atoms with van der Waals surface area (Å²) in [5, 5.41) is 3.40. The molecule has 0 spiro atoms. The quantitative estimate of drug-likeness (QED) is 0.909. The number of piperazine rings is 1. The average molecular weight is 338 g/mol. The van der Waals surface area contributed by atoms with E-state index in [1.54, 1.807) is 0 Å². The van der Waals surface area contributed by atoms with Crippen molar-refractivity contribution in [2.24, 2.45) is 0 Å². The van der Waals surface area contributed by atoms with Gasteiger partial charge in [-0.15, -0.1) is 0 Å². The maximum atomic E-state index is 6.04. The van der Waals surface area contributed by atoms with Crippen molar-refractivity contribution >= 4 is 0 Å². The second kappa shape index (κ2) is 7.89. The molecule has 0 aliphatic carbocycles. The maximum Gasteiger partial charge on any atom is 0.161 e. The standard InChI is InChI=1S/C21H26N2O2/c1-2-4-21-20(3-1)24-16-19(25-21)10-9-17-5-7-18(8-6-17)15-23-13-11-22-12-14-23/h1-8,19,22H,9-16H2/t19-/m0/s1. The number of nitrogens with zero attached hydrogens (tertiary/aromatic N) is 1.